The van der Waals surface area contributed by atoms with Gasteiger partial charge in [0.25, 0.3) is 0 Å². The molecule has 0 aliphatic rings. The fourth-order valence-corrected chi connectivity index (χ4v) is 7.37. The van der Waals surface area contributed by atoms with E-state index in [9.17, 15) is 0 Å². The smallest absolute Gasteiger partial charge is 0.227 e. The van der Waals surface area contributed by atoms with Gasteiger partial charge in [-0.1, -0.05) is 115 Å². The van der Waals surface area contributed by atoms with Crippen molar-refractivity contribution in [2.45, 2.75) is 0 Å². The van der Waals surface area contributed by atoms with Gasteiger partial charge in [0.1, 0.15) is 5.52 Å². The Morgan fingerprint density at radius 3 is 1.77 bits per heavy atom. The average molecular weight is 613 g/mol. The Labute approximate surface area is 277 Å². The van der Waals surface area contributed by atoms with Crippen molar-refractivity contribution < 1.29 is 4.42 Å². The number of nitrogens with zero attached hydrogens (tertiary/aromatic N) is 2. The number of para-hydroxylation sites is 2. The maximum absolute atomic E-state index is 6.58. The molecule has 224 valence electrons. The summed E-state index contributed by atoms with van der Waals surface area (Å²) in [6.45, 7) is 0. The summed E-state index contributed by atoms with van der Waals surface area (Å²) in [6, 6.07) is 60.4. The molecule has 0 saturated heterocycles. The Hall–Kier alpha value is -6.45. The zero-order chi connectivity index (χ0) is 31.6. The van der Waals surface area contributed by atoms with Gasteiger partial charge in [-0.15, -0.1) is 0 Å². The van der Waals surface area contributed by atoms with Gasteiger partial charge in [0, 0.05) is 27.4 Å². The summed E-state index contributed by atoms with van der Waals surface area (Å²) in [4.78, 5) is 4.91. The van der Waals surface area contributed by atoms with Crippen LogP contribution < -0.4 is 0 Å². The zero-order valence-corrected chi connectivity index (χ0v) is 26.0. The van der Waals surface area contributed by atoms with E-state index in [0.717, 1.165) is 49.6 Å². The number of benzene rings is 8. The molecule has 3 heteroatoms. The molecule has 0 bridgehead atoms. The summed E-state index contributed by atoms with van der Waals surface area (Å²) in [6.07, 6.45) is 0. The molecule has 0 atom stereocenters. The molecule has 0 aliphatic heterocycles. The summed E-state index contributed by atoms with van der Waals surface area (Å²) in [5.41, 5.74) is 10.9. The highest BCUT2D eigenvalue weighted by molar-refractivity contribution is 6.21. The first-order valence-corrected chi connectivity index (χ1v) is 16.3. The lowest BCUT2D eigenvalue weighted by molar-refractivity contribution is 0.623. The van der Waals surface area contributed by atoms with E-state index >= 15 is 0 Å². The van der Waals surface area contributed by atoms with Crippen LogP contribution in [0, 0.1) is 0 Å². The predicted octanol–water partition coefficient (Wildman–Crippen LogP) is 12.2. The summed E-state index contributed by atoms with van der Waals surface area (Å²) in [5, 5.41) is 7.07. The number of hydrogen-bond acceptors (Lipinski definition) is 2. The Bertz CT molecular complexity index is 2760. The van der Waals surface area contributed by atoms with Crippen LogP contribution in [0.1, 0.15) is 0 Å². The second kappa shape index (κ2) is 10.5. The normalized spacial score (nSPS) is 11.8. The average Bonchev–Trinajstić information content (AvgIpc) is 3.75. The summed E-state index contributed by atoms with van der Waals surface area (Å²) >= 11 is 0. The highest BCUT2D eigenvalue weighted by atomic mass is 16.3. The van der Waals surface area contributed by atoms with E-state index in [1.54, 1.807) is 0 Å². The van der Waals surface area contributed by atoms with Crippen molar-refractivity contribution >= 4 is 54.5 Å². The first-order valence-electron chi connectivity index (χ1n) is 16.3. The number of oxazole rings is 1. The van der Waals surface area contributed by atoms with Crippen molar-refractivity contribution in [3.05, 3.63) is 170 Å². The lowest BCUT2D eigenvalue weighted by Gasteiger charge is -2.14. The molecular formula is C45H28N2O. The topological polar surface area (TPSA) is 31.0 Å². The fraction of sp³-hybridized carbons (Fsp3) is 0. The van der Waals surface area contributed by atoms with Crippen LogP contribution in [0.4, 0.5) is 0 Å². The molecule has 10 rings (SSSR count). The molecule has 0 radical (unpaired) electrons. The van der Waals surface area contributed by atoms with Gasteiger partial charge < -0.3 is 8.98 Å². The molecular weight excluding hydrogens is 585 g/mol. The highest BCUT2D eigenvalue weighted by Gasteiger charge is 2.17. The van der Waals surface area contributed by atoms with Crippen LogP contribution in [0.2, 0.25) is 0 Å². The van der Waals surface area contributed by atoms with Gasteiger partial charge in [-0.2, -0.15) is 0 Å². The second-order valence-electron chi connectivity index (χ2n) is 12.4. The van der Waals surface area contributed by atoms with Gasteiger partial charge in [-0.25, -0.2) is 4.98 Å². The van der Waals surface area contributed by atoms with E-state index in [2.05, 4.69) is 144 Å². The molecule has 0 saturated carbocycles. The molecule has 8 aromatic carbocycles. The Kier molecular flexibility index (Phi) is 5.87. The number of fused-ring (bicyclic) bond motifs is 8. The molecule has 0 aliphatic carbocycles. The van der Waals surface area contributed by atoms with Gasteiger partial charge in [-0.05, 0) is 93.0 Å². The summed E-state index contributed by atoms with van der Waals surface area (Å²) in [5.74, 6) is 0.634. The van der Waals surface area contributed by atoms with E-state index < -0.39 is 0 Å². The second-order valence-corrected chi connectivity index (χ2v) is 12.4. The van der Waals surface area contributed by atoms with Gasteiger partial charge in [-0.3, -0.25) is 0 Å². The first kappa shape index (κ1) is 26.7. The van der Waals surface area contributed by atoms with Crippen molar-refractivity contribution in [3.8, 4) is 39.4 Å². The maximum Gasteiger partial charge on any atom is 0.227 e. The molecule has 10 aromatic rings. The fourth-order valence-electron chi connectivity index (χ4n) is 7.37. The number of hydrogen-bond donors (Lipinski definition) is 0. The SMILES string of the molecule is c1ccc(-c2nc3ccc4ccc5c(-c6ccccc6)cc(-c6ccc(-n7c8ccccc8c8ccccc87)cc6)cc5c4c3o2)cc1. The van der Waals surface area contributed by atoms with Crippen molar-refractivity contribution in [1.82, 2.24) is 9.55 Å². The predicted molar refractivity (Wildman–Crippen MR) is 200 cm³/mol. The lowest BCUT2D eigenvalue weighted by Crippen LogP contribution is -1.93. The molecule has 48 heavy (non-hydrogen) atoms. The van der Waals surface area contributed by atoms with Crippen molar-refractivity contribution in [1.29, 1.82) is 0 Å². The van der Waals surface area contributed by atoms with E-state index in [0.29, 0.717) is 5.89 Å². The van der Waals surface area contributed by atoms with Gasteiger partial charge >= 0.3 is 0 Å². The minimum atomic E-state index is 0.634. The van der Waals surface area contributed by atoms with Crippen LogP contribution in [0.15, 0.2) is 174 Å². The third-order valence-electron chi connectivity index (χ3n) is 9.61. The molecule has 0 fully saturated rings. The van der Waals surface area contributed by atoms with E-state index in [-0.39, 0.29) is 0 Å². The van der Waals surface area contributed by atoms with E-state index in [1.165, 1.54) is 38.3 Å². The summed E-state index contributed by atoms with van der Waals surface area (Å²) < 4.78 is 8.94. The molecule has 2 aromatic heterocycles. The minimum Gasteiger partial charge on any atom is -0.435 e. The Morgan fingerprint density at radius 1 is 0.438 bits per heavy atom. The van der Waals surface area contributed by atoms with E-state index in [1.807, 2.05) is 30.3 Å². The monoisotopic (exact) mass is 612 g/mol. The zero-order valence-electron chi connectivity index (χ0n) is 26.0. The first-order chi connectivity index (χ1) is 23.8. The Balaban J connectivity index is 1.20. The van der Waals surface area contributed by atoms with Crippen molar-refractivity contribution in [2.75, 3.05) is 0 Å². The number of aromatic nitrogens is 2. The van der Waals surface area contributed by atoms with Crippen molar-refractivity contribution in [3.63, 3.8) is 0 Å². The van der Waals surface area contributed by atoms with Crippen LogP contribution >= 0.6 is 0 Å². The van der Waals surface area contributed by atoms with Gasteiger partial charge in [0.2, 0.25) is 5.89 Å². The lowest BCUT2D eigenvalue weighted by atomic mass is 9.90. The van der Waals surface area contributed by atoms with Crippen LogP contribution in [-0.2, 0) is 0 Å². The van der Waals surface area contributed by atoms with Crippen LogP contribution in [0.25, 0.3) is 93.8 Å². The maximum atomic E-state index is 6.58. The van der Waals surface area contributed by atoms with Crippen LogP contribution in [0.3, 0.4) is 0 Å². The standard InChI is InChI=1S/C45H28N2O/c1-3-11-30(12-4-1)38-27-33(29-19-23-34(24-20-29)47-41-17-9-7-15-36(41)37-16-8-10-18-42(37)47)28-39-35(38)25-21-31-22-26-40-44(43(31)39)48-45(46-40)32-13-5-2-6-14-32/h1-28H. The van der Waals surface area contributed by atoms with Crippen LogP contribution in [-0.4, -0.2) is 9.55 Å². The molecule has 0 spiro atoms. The summed E-state index contributed by atoms with van der Waals surface area (Å²) in [7, 11) is 0. The number of rotatable bonds is 4. The van der Waals surface area contributed by atoms with Crippen molar-refractivity contribution in [2.24, 2.45) is 0 Å². The third-order valence-corrected chi connectivity index (χ3v) is 9.61. The van der Waals surface area contributed by atoms with Gasteiger partial charge in [0.15, 0.2) is 5.58 Å². The molecule has 3 nitrogen and oxygen atoms in total. The molecule has 0 unspecified atom stereocenters. The minimum absolute atomic E-state index is 0.634. The molecule has 0 N–H and O–H groups in total. The Morgan fingerprint density at radius 2 is 1.06 bits per heavy atom. The van der Waals surface area contributed by atoms with Crippen LogP contribution in [0.5, 0.6) is 0 Å². The quantitative estimate of drug-likeness (QED) is 0.185. The van der Waals surface area contributed by atoms with E-state index in [4.69, 9.17) is 9.40 Å². The highest BCUT2D eigenvalue weighted by Crippen LogP contribution is 2.41. The molecule has 2 heterocycles. The largest absolute Gasteiger partial charge is 0.435 e. The third kappa shape index (κ3) is 4.11. The van der Waals surface area contributed by atoms with Gasteiger partial charge in [0.05, 0.1) is 11.0 Å². The molecule has 0 amide bonds.